The van der Waals surface area contributed by atoms with Crippen molar-refractivity contribution in [3.63, 3.8) is 0 Å². The highest BCUT2D eigenvalue weighted by Gasteiger charge is 2.36. The van der Waals surface area contributed by atoms with Crippen LogP contribution >= 0.6 is 0 Å². The quantitative estimate of drug-likeness (QED) is 0.0462. The van der Waals surface area contributed by atoms with Crippen molar-refractivity contribution in [2.24, 2.45) is 0 Å². The van der Waals surface area contributed by atoms with Gasteiger partial charge in [-0.1, -0.05) is 72.8 Å². The van der Waals surface area contributed by atoms with Gasteiger partial charge >= 0.3 is 0 Å². The second-order valence-electron chi connectivity index (χ2n) is 13.0. The van der Waals surface area contributed by atoms with Crippen LogP contribution < -0.4 is 0 Å². The van der Waals surface area contributed by atoms with Gasteiger partial charge in [-0.25, -0.2) is 0 Å². The molecule has 0 fully saturated rings. The minimum atomic E-state index is -1.30. The lowest BCUT2D eigenvalue weighted by Gasteiger charge is -2.24. The molecule has 9 rings (SSSR count). The number of benzene rings is 8. The molecule has 0 saturated carbocycles. The van der Waals surface area contributed by atoms with Crippen molar-refractivity contribution >= 4 is 54.3 Å². The van der Waals surface area contributed by atoms with Crippen LogP contribution in [0.3, 0.4) is 0 Å². The molecule has 9 aromatic rings. The van der Waals surface area contributed by atoms with Crippen molar-refractivity contribution in [3.05, 3.63) is 84.9 Å². The van der Waals surface area contributed by atoms with E-state index in [0.29, 0.717) is 21.7 Å². The summed E-state index contributed by atoms with van der Waals surface area (Å²) in [6.07, 6.45) is 0. The minimum Gasteiger partial charge on any atom is -0.506 e. The molecule has 0 radical (unpaired) electrons. The van der Waals surface area contributed by atoms with E-state index in [-0.39, 0.29) is 22.3 Å². The maximum atomic E-state index is 12.2. The van der Waals surface area contributed by atoms with Crippen molar-refractivity contribution < 1.29 is 65.7 Å². The van der Waals surface area contributed by atoms with E-state index in [4.69, 9.17) is 4.42 Å². The molecule has 8 aromatic carbocycles. The summed E-state index contributed by atoms with van der Waals surface area (Å²) in [6.45, 7) is 0. The largest absolute Gasteiger partial charge is 0.506 e. The van der Waals surface area contributed by atoms with Crippen LogP contribution in [-0.4, -0.2) is 61.3 Å². The Hall–Kier alpha value is -8.06. The number of hydrogen-bond acceptors (Lipinski definition) is 13. The first-order chi connectivity index (χ1) is 26.3. The van der Waals surface area contributed by atoms with Crippen molar-refractivity contribution in [2.75, 3.05) is 0 Å². The number of phenolic OH excluding ortho intramolecular Hbond substituents is 12. The maximum Gasteiger partial charge on any atom is 0.204 e. The van der Waals surface area contributed by atoms with E-state index >= 15 is 0 Å². The number of hydrogen-bond donors (Lipinski definition) is 12. The fraction of sp³-hybridized carbons (Fsp3) is 0. The average molecular weight is 739 g/mol. The summed E-state index contributed by atoms with van der Waals surface area (Å²) in [7, 11) is 0. The van der Waals surface area contributed by atoms with Gasteiger partial charge in [0.1, 0.15) is 16.9 Å². The molecule has 0 spiro atoms. The third kappa shape index (κ3) is 4.22. The molecule has 1 heterocycles. The van der Waals surface area contributed by atoms with Gasteiger partial charge in [-0.05, 0) is 28.5 Å². The molecule has 0 amide bonds. The molecule has 13 nitrogen and oxygen atoms in total. The predicted octanol–water partition coefficient (Wildman–Crippen LogP) is 8.51. The zero-order chi connectivity index (χ0) is 38.8. The summed E-state index contributed by atoms with van der Waals surface area (Å²) < 4.78 is 6.09. The van der Waals surface area contributed by atoms with Crippen LogP contribution in [0.4, 0.5) is 0 Å². The zero-order valence-corrected chi connectivity index (χ0v) is 27.9. The highest BCUT2D eigenvalue weighted by Crippen LogP contribution is 2.65. The molecule has 0 saturated heterocycles. The second-order valence-corrected chi connectivity index (χ2v) is 13.0. The van der Waals surface area contributed by atoms with E-state index in [0.717, 1.165) is 5.39 Å². The van der Waals surface area contributed by atoms with Crippen LogP contribution in [-0.2, 0) is 0 Å². The monoisotopic (exact) mass is 738 g/mol. The Labute approximate surface area is 306 Å². The van der Waals surface area contributed by atoms with E-state index in [1.807, 2.05) is 0 Å². The predicted molar refractivity (Wildman–Crippen MR) is 203 cm³/mol. The molecule has 272 valence electrons. The van der Waals surface area contributed by atoms with E-state index < -0.39 is 107 Å². The van der Waals surface area contributed by atoms with Crippen LogP contribution in [0, 0.1) is 0 Å². The number of fused-ring (bicyclic) bond motifs is 6. The summed E-state index contributed by atoms with van der Waals surface area (Å²) >= 11 is 0. The third-order valence-corrected chi connectivity index (χ3v) is 10.2. The van der Waals surface area contributed by atoms with E-state index in [1.165, 1.54) is 12.1 Å². The Balaban J connectivity index is 1.54. The molecule has 0 unspecified atom stereocenters. The molecule has 1 aromatic heterocycles. The van der Waals surface area contributed by atoms with Gasteiger partial charge in [0.05, 0.1) is 11.1 Å². The van der Waals surface area contributed by atoms with Gasteiger partial charge in [0.25, 0.3) is 0 Å². The van der Waals surface area contributed by atoms with Crippen molar-refractivity contribution in [1.29, 1.82) is 0 Å². The molecular formula is C42H26O13. The summed E-state index contributed by atoms with van der Waals surface area (Å²) in [5.74, 6) is -14.2. The standard InChI is InChI=1S/C42H26O13/c43-30-23(20-10-5-9-19-18-8-3-4-11-21(18)55-42(19)20)31(44)37(50)36(49)29(30)24-27-25(32(45)38(51)40(53)34(27)47)22(17-13-12-15-6-1-2-7-16(15)14-17)26-28(24)35(48)41(54)39(52)33(26)46/h1-14,43-54H. The van der Waals surface area contributed by atoms with Gasteiger partial charge in [-0.2, -0.15) is 0 Å². The SMILES string of the molecule is Oc1c(O)c(-c2cccc3c2oc2ccccc23)c(O)c(-c2c3c(O)c(O)c(O)c(O)c3c(-c3ccc4ccccc4c3)c3c(O)c(O)c(O)c(O)c23)c1O. The lowest BCUT2D eigenvalue weighted by Crippen LogP contribution is -1.96. The number of aromatic hydroxyl groups is 12. The second kappa shape index (κ2) is 11.2. The van der Waals surface area contributed by atoms with Crippen molar-refractivity contribution in [1.82, 2.24) is 0 Å². The summed E-state index contributed by atoms with van der Waals surface area (Å²) in [5, 5.41) is 137. The smallest absolute Gasteiger partial charge is 0.204 e. The van der Waals surface area contributed by atoms with Gasteiger partial charge in [0, 0.05) is 49.0 Å². The molecule has 13 heteroatoms. The van der Waals surface area contributed by atoms with Crippen LogP contribution in [0.15, 0.2) is 89.3 Å². The number of rotatable bonds is 3. The van der Waals surface area contributed by atoms with Crippen LogP contribution in [0.25, 0.3) is 87.6 Å². The van der Waals surface area contributed by atoms with E-state index in [9.17, 15) is 61.3 Å². The van der Waals surface area contributed by atoms with Crippen LogP contribution in [0.1, 0.15) is 0 Å². The van der Waals surface area contributed by atoms with Crippen molar-refractivity contribution in [3.8, 4) is 102 Å². The summed E-state index contributed by atoms with van der Waals surface area (Å²) in [5.41, 5.74) is -1.77. The molecule has 0 bridgehead atoms. The minimum absolute atomic E-state index is 0.0123. The lowest BCUT2D eigenvalue weighted by molar-refractivity contribution is 0.350. The molecular weight excluding hydrogens is 712 g/mol. The fourth-order valence-corrected chi connectivity index (χ4v) is 7.64. The number of para-hydroxylation sites is 2. The summed E-state index contributed by atoms with van der Waals surface area (Å²) in [4.78, 5) is 0. The lowest BCUT2D eigenvalue weighted by atomic mass is 9.82. The van der Waals surface area contributed by atoms with Gasteiger partial charge in [-0.15, -0.1) is 0 Å². The first kappa shape index (κ1) is 32.8. The Morgan fingerprint density at radius 3 is 1.44 bits per heavy atom. The van der Waals surface area contributed by atoms with Gasteiger partial charge in [0.2, 0.25) is 28.7 Å². The van der Waals surface area contributed by atoms with Crippen LogP contribution in [0.2, 0.25) is 0 Å². The van der Waals surface area contributed by atoms with Gasteiger partial charge in [-0.3, -0.25) is 0 Å². The third-order valence-electron chi connectivity index (χ3n) is 10.2. The Morgan fingerprint density at radius 2 is 0.818 bits per heavy atom. The molecule has 0 aliphatic rings. The molecule has 0 aliphatic carbocycles. The zero-order valence-electron chi connectivity index (χ0n) is 27.9. The maximum absolute atomic E-state index is 12.2. The highest BCUT2D eigenvalue weighted by molar-refractivity contribution is 6.30. The molecule has 55 heavy (non-hydrogen) atoms. The average Bonchev–Trinajstić information content (AvgIpc) is 3.58. The molecule has 0 atom stereocenters. The summed E-state index contributed by atoms with van der Waals surface area (Å²) in [6, 6.07) is 23.5. The Kier molecular flexibility index (Phi) is 6.69. The van der Waals surface area contributed by atoms with Crippen LogP contribution in [0.5, 0.6) is 69.0 Å². The molecule has 0 aliphatic heterocycles. The highest BCUT2D eigenvalue weighted by atomic mass is 16.4. The number of phenols is 12. The number of furan rings is 1. The Bertz CT molecular complexity index is 3100. The van der Waals surface area contributed by atoms with Gasteiger partial charge in [0.15, 0.2) is 34.5 Å². The van der Waals surface area contributed by atoms with Crippen molar-refractivity contribution in [2.45, 2.75) is 0 Å². The van der Waals surface area contributed by atoms with E-state index in [1.54, 1.807) is 72.8 Å². The van der Waals surface area contributed by atoms with Gasteiger partial charge < -0.3 is 65.7 Å². The fourth-order valence-electron chi connectivity index (χ4n) is 7.64. The first-order valence-corrected chi connectivity index (χ1v) is 16.5. The topological polar surface area (TPSA) is 256 Å². The Morgan fingerprint density at radius 1 is 0.327 bits per heavy atom. The first-order valence-electron chi connectivity index (χ1n) is 16.5. The normalized spacial score (nSPS) is 11.8. The molecule has 12 N–H and O–H groups in total. The van der Waals surface area contributed by atoms with E-state index in [2.05, 4.69) is 0 Å².